The number of hydrogen-bond acceptors (Lipinski definition) is 2. The van der Waals surface area contributed by atoms with Crippen LogP contribution in [0.4, 0.5) is 0 Å². The molecular weight excluding hydrogens is 272 g/mol. The number of carbonyl (C=O) groups is 1. The first kappa shape index (κ1) is 15.1. The zero-order valence-electron chi connectivity index (χ0n) is 13.7. The molecule has 1 aromatic rings. The van der Waals surface area contributed by atoms with Crippen molar-refractivity contribution in [2.24, 2.45) is 10.8 Å². The normalized spacial score (nSPS) is 29.2. The number of nitriles is 1. The second kappa shape index (κ2) is 5.12. The van der Waals surface area contributed by atoms with Gasteiger partial charge in [-0.25, -0.2) is 0 Å². The molecule has 2 fully saturated rings. The summed E-state index contributed by atoms with van der Waals surface area (Å²) < 4.78 is 0. The van der Waals surface area contributed by atoms with Crippen molar-refractivity contribution in [1.29, 1.82) is 5.26 Å². The summed E-state index contributed by atoms with van der Waals surface area (Å²) in [6.07, 6.45) is 3.76. The van der Waals surface area contributed by atoms with E-state index >= 15 is 0 Å². The van der Waals surface area contributed by atoms with Crippen LogP contribution in [0.5, 0.6) is 0 Å². The molecule has 1 aliphatic carbocycles. The lowest BCUT2D eigenvalue weighted by Gasteiger charge is -2.39. The van der Waals surface area contributed by atoms with Crippen LogP contribution in [0.1, 0.15) is 56.0 Å². The smallest absolute Gasteiger partial charge is 0.254 e. The molecule has 1 heterocycles. The Labute approximate surface area is 132 Å². The molecule has 1 aliphatic heterocycles. The van der Waals surface area contributed by atoms with Crippen molar-refractivity contribution in [3.8, 4) is 6.07 Å². The van der Waals surface area contributed by atoms with Gasteiger partial charge in [0, 0.05) is 18.2 Å². The van der Waals surface area contributed by atoms with Crippen LogP contribution in [-0.2, 0) is 6.42 Å². The maximum atomic E-state index is 12.9. The molecule has 1 amide bonds. The maximum absolute atomic E-state index is 12.9. The highest BCUT2D eigenvalue weighted by Gasteiger charge is 2.50. The minimum Gasteiger partial charge on any atom is -0.335 e. The molecular formula is C19H24N2O. The van der Waals surface area contributed by atoms with Crippen molar-refractivity contribution < 1.29 is 4.79 Å². The Balaban J connectivity index is 1.85. The Bertz CT molecular complexity index is 643. The SMILES string of the molecule is CC1(C)CC2CC(C)(CN2C(=O)c2cccc(CC#N)c2)C1. The van der Waals surface area contributed by atoms with Gasteiger partial charge in [-0.3, -0.25) is 4.79 Å². The van der Waals surface area contributed by atoms with Crippen molar-refractivity contribution >= 4 is 5.91 Å². The van der Waals surface area contributed by atoms with Crippen molar-refractivity contribution in [3.05, 3.63) is 35.4 Å². The first-order chi connectivity index (χ1) is 10.3. The highest BCUT2D eigenvalue weighted by molar-refractivity contribution is 5.95. The van der Waals surface area contributed by atoms with Crippen molar-refractivity contribution in [2.45, 2.75) is 52.5 Å². The van der Waals surface area contributed by atoms with E-state index in [9.17, 15) is 4.79 Å². The van der Waals surface area contributed by atoms with Gasteiger partial charge >= 0.3 is 0 Å². The molecule has 1 aromatic carbocycles. The van der Waals surface area contributed by atoms with Gasteiger partial charge in [-0.15, -0.1) is 0 Å². The van der Waals surface area contributed by atoms with Crippen molar-refractivity contribution in [3.63, 3.8) is 0 Å². The molecule has 3 heteroatoms. The van der Waals surface area contributed by atoms with Crippen LogP contribution in [-0.4, -0.2) is 23.4 Å². The molecule has 2 bridgehead atoms. The molecule has 22 heavy (non-hydrogen) atoms. The predicted octanol–water partition coefficient (Wildman–Crippen LogP) is 3.79. The summed E-state index contributed by atoms with van der Waals surface area (Å²) in [5.74, 6) is 0.131. The van der Waals surface area contributed by atoms with Gasteiger partial charge in [0.05, 0.1) is 12.5 Å². The Morgan fingerprint density at radius 3 is 2.86 bits per heavy atom. The van der Waals surface area contributed by atoms with Gasteiger partial charge in [0.1, 0.15) is 0 Å². The Morgan fingerprint density at radius 1 is 1.36 bits per heavy atom. The third kappa shape index (κ3) is 2.75. The van der Waals surface area contributed by atoms with Crippen LogP contribution >= 0.6 is 0 Å². The van der Waals surface area contributed by atoms with Gasteiger partial charge in [0.25, 0.3) is 5.91 Å². The quantitative estimate of drug-likeness (QED) is 0.833. The highest BCUT2D eigenvalue weighted by atomic mass is 16.2. The molecule has 0 aromatic heterocycles. The Hall–Kier alpha value is -1.82. The Morgan fingerprint density at radius 2 is 2.14 bits per heavy atom. The molecule has 0 spiro atoms. The second-order valence-corrected chi connectivity index (χ2v) is 8.18. The number of nitrogens with zero attached hydrogens (tertiary/aromatic N) is 2. The second-order valence-electron chi connectivity index (χ2n) is 8.18. The topological polar surface area (TPSA) is 44.1 Å². The minimum absolute atomic E-state index is 0.131. The lowest BCUT2D eigenvalue weighted by molar-refractivity contribution is 0.0708. The van der Waals surface area contributed by atoms with Crippen molar-refractivity contribution in [2.75, 3.05) is 6.54 Å². The summed E-state index contributed by atoms with van der Waals surface area (Å²) >= 11 is 0. The maximum Gasteiger partial charge on any atom is 0.254 e. The van der Waals surface area contributed by atoms with E-state index in [2.05, 4.69) is 31.7 Å². The standard InChI is InChI=1S/C19H24N2O/c1-18(2)10-16-11-19(3,12-18)13-21(16)17(22)15-6-4-5-14(9-15)7-8-20/h4-6,9,16H,7,10-13H2,1-3H3. The van der Waals surface area contributed by atoms with E-state index in [1.165, 1.54) is 6.42 Å². The van der Waals surface area contributed by atoms with Gasteiger partial charge in [0.15, 0.2) is 0 Å². The lowest BCUT2D eigenvalue weighted by Crippen LogP contribution is -2.37. The van der Waals surface area contributed by atoms with E-state index < -0.39 is 0 Å². The summed E-state index contributed by atoms with van der Waals surface area (Å²) in [7, 11) is 0. The summed E-state index contributed by atoms with van der Waals surface area (Å²) in [5, 5.41) is 8.83. The summed E-state index contributed by atoms with van der Waals surface area (Å²) in [4.78, 5) is 15.0. The zero-order chi connectivity index (χ0) is 16.0. The number of likely N-dealkylation sites (tertiary alicyclic amines) is 1. The fourth-order valence-electron chi connectivity index (χ4n) is 4.77. The molecule has 3 rings (SSSR count). The summed E-state index contributed by atoms with van der Waals surface area (Å²) in [6.45, 7) is 7.82. The molecule has 3 nitrogen and oxygen atoms in total. The molecule has 0 radical (unpaired) electrons. The van der Waals surface area contributed by atoms with Crippen molar-refractivity contribution in [1.82, 2.24) is 4.90 Å². The molecule has 2 unspecified atom stereocenters. The van der Waals surface area contributed by atoms with Crippen LogP contribution in [0.15, 0.2) is 24.3 Å². The van der Waals surface area contributed by atoms with E-state index in [1.807, 2.05) is 24.3 Å². The third-order valence-corrected chi connectivity index (χ3v) is 5.13. The number of amides is 1. The Kier molecular flexibility index (Phi) is 3.51. The number of rotatable bonds is 2. The number of fused-ring (bicyclic) bond motifs is 2. The van der Waals surface area contributed by atoms with Crippen LogP contribution in [0, 0.1) is 22.2 Å². The predicted molar refractivity (Wildman–Crippen MR) is 86.3 cm³/mol. The van der Waals surface area contributed by atoms with E-state index in [4.69, 9.17) is 5.26 Å². The monoisotopic (exact) mass is 296 g/mol. The average Bonchev–Trinajstić information content (AvgIpc) is 2.68. The number of hydrogen-bond donors (Lipinski definition) is 0. The molecule has 1 saturated heterocycles. The van der Waals surface area contributed by atoms with Crippen LogP contribution in [0.3, 0.4) is 0 Å². The van der Waals surface area contributed by atoms with Gasteiger partial charge in [-0.1, -0.05) is 32.9 Å². The third-order valence-electron chi connectivity index (χ3n) is 5.13. The van der Waals surface area contributed by atoms with Crippen LogP contribution < -0.4 is 0 Å². The van der Waals surface area contributed by atoms with Gasteiger partial charge in [0.2, 0.25) is 0 Å². The van der Waals surface area contributed by atoms with E-state index in [0.29, 0.717) is 17.9 Å². The largest absolute Gasteiger partial charge is 0.335 e. The van der Waals surface area contributed by atoms with Gasteiger partial charge in [-0.05, 0) is 47.8 Å². The average molecular weight is 296 g/mol. The summed E-state index contributed by atoms with van der Waals surface area (Å²) in [5.41, 5.74) is 2.21. The van der Waals surface area contributed by atoms with E-state index in [0.717, 1.165) is 30.5 Å². The lowest BCUT2D eigenvalue weighted by atomic mass is 9.65. The van der Waals surface area contributed by atoms with E-state index in [1.54, 1.807) is 0 Å². The molecule has 0 N–H and O–H groups in total. The molecule has 2 aliphatic rings. The number of carbonyl (C=O) groups excluding carboxylic acids is 1. The van der Waals surface area contributed by atoms with Gasteiger partial charge < -0.3 is 4.90 Å². The molecule has 2 atom stereocenters. The highest BCUT2D eigenvalue weighted by Crippen LogP contribution is 2.52. The van der Waals surface area contributed by atoms with Crippen LogP contribution in [0.25, 0.3) is 0 Å². The summed E-state index contributed by atoms with van der Waals surface area (Å²) in [6, 6.07) is 10.1. The fraction of sp³-hybridized carbons (Fsp3) is 0.579. The minimum atomic E-state index is 0.131. The zero-order valence-corrected chi connectivity index (χ0v) is 13.7. The first-order valence-electron chi connectivity index (χ1n) is 8.09. The van der Waals surface area contributed by atoms with Crippen LogP contribution in [0.2, 0.25) is 0 Å². The molecule has 1 saturated carbocycles. The number of benzene rings is 1. The van der Waals surface area contributed by atoms with Gasteiger partial charge in [-0.2, -0.15) is 5.26 Å². The fourth-order valence-corrected chi connectivity index (χ4v) is 4.77. The first-order valence-corrected chi connectivity index (χ1v) is 8.09. The molecule has 116 valence electrons. The van der Waals surface area contributed by atoms with E-state index in [-0.39, 0.29) is 11.3 Å².